The van der Waals surface area contributed by atoms with E-state index in [9.17, 15) is 20.4 Å². The minimum absolute atomic E-state index is 0.234. The lowest BCUT2D eigenvalue weighted by molar-refractivity contribution is 0.345. The van der Waals surface area contributed by atoms with Crippen LogP contribution in [-0.2, 0) is 0 Å². The summed E-state index contributed by atoms with van der Waals surface area (Å²) >= 11 is 0. The van der Waals surface area contributed by atoms with Gasteiger partial charge in [-0.1, -0.05) is 66.7 Å². The molecular weight excluding hydrogens is 464 g/mol. The van der Waals surface area contributed by atoms with Crippen molar-refractivity contribution >= 4 is 21.9 Å². The molecule has 5 aromatic carbocycles. The molecule has 1 aromatic heterocycles. The molecule has 6 aromatic rings. The van der Waals surface area contributed by atoms with E-state index in [4.69, 9.17) is 4.42 Å². The van der Waals surface area contributed by atoms with Gasteiger partial charge in [-0.15, -0.1) is 0 Å². The van der Waals surface area contributed by atoms with E-state index in [1.54, 1.807) is 19.1 Å². The van der Waals surface area contributed by atoms with E-state index >= 15 is 0 Å². The van der Waals surface area contributed by atoms with E-state index in [1.165, 1.54) is 5.56 Å². The van der Waals surface area contributed by atoms with Gasteiger partial charge in [-0.3, -0.25) is 0 Å². The van der Waals surface area contributed by atoms with Crippen LogP contribution >= 0.6 is 0 Å². The Morgan fingerprint density at radius 2 is 1.27 bits per heavy atom. The molecule has 4 N–H and O–H groups in total. The number of hydrogen-bond donors (Lipinski definition) is 4. The molecule has 0 fully saturated rings. The Bertz CT molecular complexity index is 1800. The predicted octanol–water partition coefficient (Wildman–Crippen LogP) is 8.03. The molecule has 0 spiro atoms. The third-order valence-electron chi connectivity index (χ3n) is 7.05. The summed E-state index contributed by atoms with van der Waals surface area (Å²) < 4.78 is 6.22. The molecule has 0 radical (unpaired) electrons. The van der Waals surface area contributed by atoms with Gasteiger partial charge < -0.3 is 24.8 Å². The Balaban J connectivity index is 1.51. The van der Waals surface area contributed by atoms with Crippen LogP contribution in [0.5, 0.6) is 23.0 Å². The zero-order valence-electron chi connectivity index (χ0n) is 20.3. The average molecular weight is 489 g/mol. The highest BCUT2D eigenvalue weighted by Gasteiger charge is 2.24. The van der Waals surface area contributed by atoms with Crippen molar-refractivity contribution in [3.05, 3.63) is 96.1 Å². The first kappa shape index (κ1) is 22.6. The molecular formula is C32H24O5. The minimum Gasteiger partial charge on any atom is -0.504 e. The summed E-state index contributed by atoms with van der Waals surface area (Å²) in [5.74, 6) is -2.49. The van der Waals surface area contributed by atoms with Crippen molar-refractivity contribution in [1.29, 1.82) is 0 Å². The number of benzene rings is 5. The summed E-state index contributed by atoms with van der Waals surface area (Å²) in [5, 5.41) is 42.7. The zero-order chi connectivity index (χ0) is 25.8. The molecule has 0 atom stereocenters. The molecule has 37 heavy (non-hydrogen) atoms. The van der Waals surface area contributed by atoms with Crippen LogP contribution < -0.4 is 0 Å². The van der Waals surface area contributed by atoms with Crippen LogP contribution in [0.25, 0.3) is 55.3 Å². The Morgan fingerprint density at radius 1 is 0.541 bits per heavy atom. The van der Waals surface area contributed by atoms with Crippen LogP contribution in [0.2, 0.25) is 0 Å². The number of hydrogen-bond acceptors (Lipinski definition) is 5. The van der Waals surface area contributed by atoms with Crippen molar-refractivity contribution in [2.75, 3.05) is 0 Å². The lowest BCUT2D eigenvalue weighted by Crippen LogP contribution is -1.89. The van der Waals surface area contributed by atoms with Crippen LogP contribution in [0.4, 0.5) is 0 Å². The van der Waals surface area contributed by atoms with Crippen molar-refractivity contribution in [2.24, 2.45) is 0 Å². The second-order valence-corrected chi connectivity index (χ2v) is 9.28. The Hall–Kier alpha value is -4.90. The highest BCUT2D eigenvalue weighted by Crippen LogP contribution is 2.52. The van der Waals surface area contributed by atoms with E-state index < -0.39 is 23.0 Å². The maximum Gasteiger partial charge on any atom is 0.204 e. The fourth-order valence-electron chi connectivity index (χ4n) is 5.15. The number of phenolic OH excluding ortho intramolecular Hbond substituents is 4. The quantitative estimate of drug-likeness (QED) is 0.149. The number of aromatic hydroxyl groups is 4. The third-order valence-corrected chi connectivity index (χ3v) is 7.05. The van der Waals surface area contributed by atoms with Gasteiger partial charge in [0, 0.05) is 21.9 Å². The zero-order valence-corrected chi connectivity index (χ0v) is 20.3. The summed E-state index contributed by atoms with van der Waals surface area (Å²) in [4.78, 5) is 0. The molecule has 0 amide bonds. The topological polar surface area (TPSA) is 94.1 Å². The highest BCUT2D eigenvalue weighted by atomic mass is 16.3. The standard InChI is InChI=1S/C32H24O5/c1-17-15-20(19-7-4-3-5-8-19)11-13-22(17)21-12-14-23-26(16-21)37-25-10-6-9-24(28(23)25)27-18(2)29(33)31(35)32(36)30(27)34/h3-16,33-36H,1-2H3. The number of rotatable bonds is 3. The first-order valence-corrected chi connectivity index (χ1v) is 11.9. The second-order valence-electron chi connectivity index (χ2n) is 9.28. The average Bonchev–Trinajstić information content (AvgIpc) is 3.30. The van der Waals surface area contributed by atoms with Gasteiger partial charge in [-0.2, -0.15) is 0 Å². The lowest BCUT2D eigenvalue weighted by atomic mass is 9.92. The van der Waals surface area contributed by atoms with Gasteiger partial charge in [-0.05, 0) is 65.4 Å². The van der Waals surface area contributed by atoms with Crippen LogP contribution in [0.3, 0.4) is 0 Å². The maximum atomic E-state index is 10.7. The molecule has 0 bridgehead atoms. The van der Waals surface area contributed by atoms with Gasteiger partial charge >= 0.3 is 0 Å². The summed E-state index contributed by atoms with van der Waals surface area (Å²) in [6.07, 6.45) is 0. The molecule has 0 aliphatic rings. The van der Waals surface area contributed by atoms with Crippen molar-refractivity contribution in [3.8, 4) is 56.4 Å². The molecule has 182 valence electrons. The van der Waals surface area contributed by atoms with E-state index in [1.807, 2.05) is 42.5 Å². The molecule has 0 aliphatic carbocycles. The van der Waals surface area contributed by atoms with Gasteiger partial charge in [-0.25, -0.2) is 0 Å². The monoisotopic (exact) mass is 488 g/mol. The van der Waals surface area contributed by atoms with Gasteiger partial charge in [0.15, 0.2) is 11.5 Å². The molecule has 0 unspecified atom stereocenters. The van der Waals surface area contributed by atoms with Crippen LogP contribution in [0.15, 0.2) is 89.3 Å². The normalized spacial score (nSPS) is 11.4. The van der Waals surface area contributed by atoms with Crippen LogP contribution in [0.1, 0.15) is 11.1 Å². The van der Waals surface area contributed by atoms with E-state index in [2.05, 4.69) is 37.3 Å². The molecule has 6 rings (SSSR count). The Morgan fingerprint density at radius 3 is 2.03 bits per heavy atom. The van der Waals surface area contributed by atoms with Crippen molar-refractivity contribution < 1.29 is 24.8 Å². The number of fused-ring (bicyclic) bond motifs is 3. The van der Waals surface area contributed by atoms with Crippen molar-refractivity contribution in [1.82, 2.24) is 0 Å². The largest absolute Gasteiger partial charge is 0.504 e. The second kappa shape index (κ2) is 8.35. The predicted molar refractivity (Wildman–Crippen MR) is 146 cm³/mol. The number of aryl methyl sites for hydroxylation is 1. The summed E-state index contributed by atoms with van der Waals surface area (Å²) in [7, 11) is 0. The number of phenols is 4. The molecule has 5 nitrogen and oxygen atoms in total. The fraction of sp³-hybridized carbons (Fsp3) is 0.0625. The van der Waals surface area contributed by atoms with Crippen LogP contribution in [-0.4, -0.2) is 20.4 Å². The van der Waals surface area contributed by atoms with Gasteiger partial charge in [0.1, 0.15) is 11.2 Å². The van der Waals surface area contributed by atoms with E-state index in [-0.39, 0.29) is 11.1 Å². The highest BCUT2D eigenvalue weighted by molar-refractivity contribution is 6.14. The van der Waals surface area contributed by atoms with Crippen molar-refractivity contribution in [2.45, 2.75) is 13.8 Å². The summed E-state index contributed by atoms with van der Waals surface area (Å²) in [6.45, 7) is 3.67. The van der Waals surface area contributed by atoms with Gasteiger partial charge in [0.25, 0.3) is 0 Å². The summed E-state index contributed by atoms with van der Waals surface area (Å²) in [5.41, 5.74) is 7.93. The van der Waals surface area contributed by atoms with Gasteiger partial charge in [0.2, 0.25) is 11.5 Å². The van der Waals surface area contributed by atoms with Crippen molar-refractivity contribution in [3.63, 3.8) is 0 Å². The van der Waals surface area contributed by atoms with Crippen LogP contribution in [0, 0.1) is 13.8 Å². The Labute approximate surface area is 213 Å². The molecule has 0 saturated carbocycles. The van der Waals surface area contributed by atoms with Gasteiger partial charge in [0.05, 0.1) is 0 Å². The minimum atomic E-state index is -0.764. The number of furan rings is 1. The first-order valence-electron chi connectivity index (χ1n) is 11.9. The molecule has 5 heteroatoms. The fourth-order valence-corrected chi connectivity index (χ4v) is 5.15. The molecule has 0 aliphatic heterocycles. The maximum absolute atomic E-state index is 10.7. The SMILES string of the molecule is Cc1cc(-c2ccccc2)ccc1-c1ccc2c(c1)oc1cccc(-c3c(C)c(O)c(O)c(O)c3O)c12. The Kier molecular flexibility index (Phi) is 5.09. The summed E-state index contributed by atoms with van der Waals surface area (Å²) in [6, 6.07) is 28.1. The lowest BCUT2D eigenvalue weighted by Gasteiger charge is -2.14. The molecule has 0 saturated heterocycles. The van der Waals surface area contributed by atoms with E-state index in [0.717, 1.165) is 33.0 Å². The third kappa shape index (κ3) is 3.47. The van der Waals surface area contributed by atoms with E-state index in [0.29, 0.717) is 16.7 Å². The molecule has 1 heterocycles. The smallest absolute Gasteiger partial charge is 0.204 e. The first-order chi connectivity index (χ1) is 17.8.